The Morgan fingerprint density at radius 2 is 2.14 bits per heavy atom. The molecule has 1 heterocycles. The normalized spacial score (nSPS) is 16.3. The van der Waals surface area contributed by atoms with Crippen LogP contribution in [0.5, 0.6) is 0 Å². The quantitative estimate of drug-likeness (QED) is 0.889. The molecule has 1 aromatic carbocycles. The number of amides is 2. The fourth-order valence-corrected chi connectivity index (χ4v) is 2.49. The van der Waals surface area contributed by atoms with Crippen LogP contribution < -0.4 is 16.0 Å². The van der Waals surface area contributed by atoms with Gasteiger partial charge in [-0.05, 0) is 43.5 Å². The zero-order valence-electron chi connectivity index (χ0n) is 12.9. The maximum atomic E-state index is 12.3. The highest BCUT2D eigenvalue weighted by Crippen LogP contribution is 2.31. The van der Waals surface area contributed by atoms with Crippen molar-refractivity contribution in [1.29, 1.82) is 0 Å². The van der Waals surface area contributed by atoms with Gasteiger partial charge >= 0.3 is 0 Å². The van der Waals surface area contributed by atoms with Crippen LogP contribution in [0.3, 0.4) is 0 Å². The lowest BCUT2D eigenvalue weighted by Gasteiger charge is -2.25. The highest BCUT2D eigenvalue weighted by atomic mass is 16.2. The van der Waals surface area contributed by atoms with Gasteiger partial charge in [0, 0.05) is 31.4 Å². The van der Waals surface area contributed by atoms with Crippen molar-refractivity contribution in [3.05, 3.63) is 23.8 Å². The molecule has 0 aromatic heterocycles. The number of nitrogens with two attached hydrogens (primary N) is 1. The van der Waals surface area contributed by atoms with Gasteiger partial charge in [0.2, 0.25) is 11.8 Å². The largest absolute Gasteiger partial charge is 0.329 e. The number of carbonyl (C=O) groups excluding carboxylic acids is 2. The molecule has 2 amide bonds. The molecule has 0 fully saturated rings. The fourth-order valence-electron chi connectivity index (χ4n) is 2.49. The zero-order chi connectivity index (χ0) is 15.6. The second kappa shape index (κ2) is 5.85. The molecule has 0 spiro atoms. The summed E-state index contributed by atoms with van der Waals surface area (Å²) in [4.78, 5) is 25.6. The van der Waals surface area contributed by atoms with E-state index in [9.17, 15) is 9.59 Å². The van der Waals surface area contributed by atoms with Crippen LogP contribution in [0.25, 0.3) is 0 Å². The highest BCUT2D eigenvalue weighted by molar-refractivity contribution is 5.97. The molecule has 3 N–H and O–H groups in total. The van der Waals surface area contributed by atoms with Crippen LogP contribution >= 0.6 is 0 Å². The Balaban J connectivity index is 2.18. The smallest absolute Gasteiger partial charge is 0.231 e. The Bertz CT molecular complexity index is 565. The standard InChI is InChI=1S/C16H23N3O2/c1-4-16(3,10-17)15(21)18-13-5-6-14-12(9-13)7-8-19(14)11(2)20/h5-6,9H,4,7-8,10,17H2,1-3H3,(H,18,21). The summed E-state index contributed by atoms with van der Waals surface area (Å²) in [6.45, 7) is 6.42. The summed E-state index contributed by atoms with van der Waals surface area (Å²) in [6, 6.07) is 5.68. The monoisotopic (exact) mass is 289 g/mol. The molecule has 5 heteroatoms. The summed E-state index contributed by atoms with van der Waals surface area (Å²) >= 11 is 0. The summed E-state index contributed by atoms with van der Waals surface area (Å²) in [5.74, 6) is -0.0129. The number of hydrogen-bond acceptors (Lipinski definition) is 3. The first-order valence-corrected chi connectivity index (χ1v) is 7.34. The molecule has 1 unspecified atom stereocenters. The van der Waals surface area contributed by atoms with Gasteiger partial charge in [0.15, 0.2) is 0 Å². The molecule has 1 aromatic rings. The molecule has 0 saturated heterocycles. The minimum Gasteiger partial charge on any atom is -0.329 e. The zero-order valence-corrected chi connectivity index (χ0v) is 12.9. The summed E-state index contributed by atoms with van der Waals surface area (Å²) < 4.78 is 0. The molecule has 0 aliphatic carbocycles. The van der Waals surface area contributed by atoms with Gasteiger partial charge in [0.05, 0.1) is 5.41 Å². The number of nitrogens with one attached hydrogen (secondary N) is 1. The van der Waals surface area contributed by atoms with Crippen molar-refractivity contribution in [2.24, 2.45) is 11.1 Å². The lowest BCUT2D eigenvalue weighted by atomic mass is 9.86. The van der Waals surface area contributed by atoms with Crippen molar-refractivity contribution < 1.29 is 9.59 Å². The Morgan fingerprint density at radius 1 is 1.43 bits per heavy atom. The van der Waals surface area contributed by atoms with Crippen LogP contribution in [0, 0.1) is 5.41 Å². The third kappa shape index (κ3) is 2.93. The number of rotatable bonds is 4. The minimum absolute atomic E-state index is 0.0484. The summed E-state index contributed by atoms with van der Waals surface area (Å²) in [6.07, 6.45) is 1.51. The lowest BCUT2D eigenvalue weighted by Crippen LogP contribution is -2.39. The van der Waals surface area contributed by atoms with Gasteiger partial charge in [-0.25, -0.2) is 0 Å². The first kappa shape index (κ1) is 15.5. The van der Waals surface area contributed by atoms with Crippen molar-refractivity contribution in [2.75, 3.05) is 23.3 Å². The van der Waals surface area contributed by atoms with Crippen LogP contribution in [0.15, 0.2) is 18.2 Å². The molecule has 0 radical (unpaired) electrons. The maximum absolute atomic E-state index is 12.3. The molecule has 0 bridgehead atoms. The van der Waals surface area contributed by atoms with E-state index in [0.29, 0.717) is 19.5 Å². The van der Waals surface area contributed by atoms with Gasteiger partial charge in [-0.2, -0.15) is 0 Å². The van der Waals surface area contributed by atoms with Gasteiger partial charge in [-0.3, -0.25) is 9.59 Å². The second-order valence-corrected chi connectivity index (χ2v) is 5.84. The van der Waals surface area contributed by atoms with Crippen molar-refractivity contribution in [3.8, 4) is 0 Å². The van der Waals surface area contributed by atoms with Crippen LogP contribution in [0.2, 0.25) is 0 Å². The van der Waals surface area contributed by atoms with E-state index in [0.717, 1.165) is 23.4 Å². The number of fused-ring (bicyclic) bond motifs is 1. The summed E-state index contributed by atoms with van der Waals surface area (Å²) in [5.41, 5.74) is 7.95. The average Bonchev–Trinajstić information content (AvgIpc) is 2.89. The van der Waals surface area contributed by atoms with Crippen LogP contribution in [0.1, 0.15) is 32.8 Å². The topological polar surface area (TPSA) is 75.4 Å². The Kier molecular flexibility index (Phi) is 4.32. The molecule has 1 atom stereocenters. The molecule has 21 heavy (non-hydrogen) atoms. The van der Waals surface area contributed by atoms with E-state index in [1.165, 1.54) is 0 Å². The third-order valence-corrected chi connectivity index (χ3v) is 4.39. The van der Waals surface area contributed by atoms with Gasteiger partial charge in [0.1, 0.15) is 0 Å². The second-order valence-electron chi connectivity index (χ2n) is 5.84. The fraction of sp³-hybridized carbons (Fsp3) is 0.500. The number of benzene rings is 1. The highest BCUT2D eigenvalue weighted by Gasteiger charge is 2.30. The van der Waals surface area contributed by atoms with Crippen molar-refractivity contribution in [3.63, 3.8) is 0 Å². The first-order chi connectivity index (χ1) is 9.91. The Labute approximate surface area is 125 Å². The van der Waals surface area contributed by atoms with E-state index in [1.54, 1.807) is 11.8 Å². The predicted octanol–water partition coefficient (Wildman–Crippen LogP) is 1.91. The van der Waals surface area contributed by atoms with Crippen molar-refractivity contribution in [1.82, 2.24) is 0 Å². The first-order valence-electron chi connectivity index (χ1n) is 7.34. The van der Waals surface area contributed by atoms with E-state index in [4.69, 9.17) is 5.73 Å². The summed E-state index contributed by atoms with van der Waals surface area (Å²) in [5, 5.41) is 2.94. The number of carbonyl (C=O) groups is 2. The predicted molar refractivity (Wildman–Crippen MR) is 84.3 cm³/mol. The third-order valence-electron chi connectivity index (χ3n) is 4.39. The van der Waals surface area contributed by atoms with Gasteiger partial charge in [0.25, 0.3) is 0 Å². The van der Waals surface area contributed by atoms with Gasteiger partial charge < -0.3 is 16.0 Å². The van der Waals surface area contributed by atoms with Crippen LogP contribution in [0.4, 0.5) is 11.4 Å². The Hall–Kier alpha value is -1.88. The van der Waals surface area contributed by atoms with E-state index >= 15 is 0 Å². The van der Waals surface area contributed by atoms with Crippen LogP contribution in [-0.2, 0) is 16.0 Å². The van der Waals surface area contributed by atoms with Crippen molar-refractivity contribution in [2.45, 2.75) is 33.6 Å². The molecule has 114 valence electrons. The molecular weight excluding hydrogens is 266 g/mol. The number of anilines is 2. The molecule has 1 aliphatic heterocycles. The van der Waals surface area contributed by atoms with Crippen LogP contribution in [-0.4, -0.2) is 24.9 Å². The van der Waals surface area contributed by atoms with E-state index in [1.807, 2.05) is 32.0 Å². The van der Waals surface area contributed by atoms with E-state index in [-0.39, 0.29) is 11.8 Å². The van der Waals surface area contributed by atoms with E-state index < -0.39 is 5.41 Å². The molecule has 0 saturated carbocycles. The molecule has 2 rings (SSSR count). The lowest BCUT2D eigenvalue weighted by molar-refractivity contribution is -0.124. The Morgan fingerprint density at radius 3 is 2.71 bits per heavy atom. The van der Waals surface area contributed by atoms with Gasteiger partial charge in [-0.15, -0.1) is 0 Å². The maximum Gasteiger partial charge on any atom is 0.231 e. The van der Waals surface area contributed by atoms with E-state index in [2.05, 4.69) is 5.32 Å². The average molecular weight is 289 g/mol. The molecule has 5 nitrogen and oxygen atoms in total. The molecular formula is C16H23N3O2. The minimum atomic E-state index is -0.551. The van der Waals surface area contributed by atoms with Gasteiger partial charge in [-0.1, -0.05) is 6.92 Å². The number of nitrogens with zero attached hydrogens (tertiary/aromatic N) is 1. The number of hydrogen-bond donors (Lipinski definition) is 2. The molecule has 1 aliphatic rings. The van der Waals surface area contributed by atoms with Crippen molar-refractivity contribution >= 4 is 23.2 Å². The SMILES string of the molecule is CCC(C)(CN)C(=O)Nc1ccc2c(c1)CCN2C(C)=O. The summed E-state index contributed by atoms with van der Waals surface area (Å²) in [7, 11) is 0.